The van der Waals surface area contributed by atoms with Crippen LogP contribution in [-0.2, 0) is 6.54 Å². The molecular weight excluding hydrogens is 177 g/mol. The molecule has 1 aliphatic heterocycles. The molecule has 1 atom stereocenters. The fourth-order valence-corrected chi connectivity index (χ4v) is 2.58. The van der Waals surface area contributed by atoms with Crippen molar-refractivity contribution in [2.75, 3.05) is 0 Å². The maximum atomic E-state index is 13.6. The van der Waals surface area contributed by atoms with E-state index in [0.29, 0.717) is 12.0 Å². The molecule has 0 saturated heterocycles. The normalized spacial score (nSPS) is 25.9. The lowest BCUT2D eigenvalue weighted by Crippen LogP contribution is -2.27. The summed E-state index contributed by atoms with van der Waals surface area (Å²) in [6.45, 7) is 0.842. The van der Waals surface area contributed by atoms with Crippen molar-refractivity contribution in [1.82, 2.24) is 5.32 Å². The van der Waals surface area contributed by atoms with Gasteiger partial charge in [-0.3, -0.25) is 0 Å². The van der Waals surface area contributed by atoms with E-state index in [0.717, 1.165) is 17.7 Å². The number of halogens is 1. The van der Waals surface area contributed by atoms with Crippen LogP contribution in [0.2, 0.25) is 0 Å². The molecule has 0 amide bonds. The molecule has 0 radical (unpaired) electrons. The number of benzene rings is 1. The van der Waals surface area contributed by atoms with Gasteiger partial charge in [0.25, 0.3) is 0 Å². The maximum Gasteiger partial charge on any atom is 0.128 e. The topological polar surface area (TPSA) is 12.0 Å². The second kappa shape index (κ2) is 3.06. The van der Waals surface area contributed by atoms with Crippen LogP contribution in [0.15, 0.2) is 18.2 Å². The third kappa shape index (κ3) is 1.10. The summed E-state index contributed by atoms with van der Waals surface area (Å²) in [7, 11) is 0. The third-order valence-electron chi connectivity index (χ3n) is 3.59. The Morgan fingerprint density at radius 1 is 1.29 bits per heavy atom. The van der Waals surface area contributed by atoms with Gasteiger partial charge in [0, 0.05) is 18.2 Å². The van der Waals surface area contributed by atoms with Gasteiger partial charge in [0.05, 0.1) is 0 Å². The predicted molar refractivity (Wildman–Crippen MR) is 53.3 cm³/mol. The second-order valence-electron chi connectivity index (χ2n) is 4.36. The first-order valence-corrected chi connectivity index (χ1v) is 5.37. The molecule has 1 fully saturated rings. The van der Waals surface area contributed by atoms with Crippen molar-refractivity contribution < 1.29 is 4.39 Å². The molecule has 1 aliphatic carbocycles. The molecule has 1 aromatic rings. The lowest BCUT2D eigenvalue weighted by molar-refractivity contribution is 0.237. The predicted octanol–water partition coefficient (Wildman–Crippen LogP) is 2.77. The Kier molecular flexibility index (Phi) is 1.84. The SMILES string of the molecule is Fc1cccc2c1C(C1CCC1)NC2. The smallest absolute Gasteiger partial charge is 0.128 e. The van der Waals surface area contributed by atoms with Gasteiger partial charge >= 0.3 is 0 Å². The number of nitrogens with one attached hydrogen (secondary N) is 1. The van der Waals surface area contributed by atoms with Gasteiger partial charge in [0.1, 0.15) is 5.82 Å². The molecule has 2 aliphatic rings. The molecule has 1 saturated carbocycles. The van der Waals surface area contributed by atoms with Gasteiger partial charge in [-0.15, -0.1) is 0 Å². The number of fused-ring (bicyclic) bond motifs is 1. The van der Waals surface area contributed by atoms with Crippen LogP contribution in [0.5, 0.6) is 0 Å². The Bertz CT molecular complexity index is 357. The van der Waals surface area contributed by atoms with Crippen molar-refractivity contribution in [2.24, 2.45) is 5.92 Å². The van der Waals surface area contributed by atoms with Gasteiger partial charge in [-0.25, -0.2) is 4.39 Å². The number of rotatable bonds is 1. The summed E-state index contributed by atoms with van der Waals surface area (Å²) >= 11 is 0. The highest BCUT2D eigenvalue weighted by molar-refractivity contribution is 5.35. The zero-order valence-electron chi connectivity index (χ0n) is 8.09. The van der Waals surface area contributed by atoms with Crippen molar-refractivity contribution in [3.8, 4) is 0 Å². The lowest BCUT2D eigenvalue weighted by Gasteiger charge is -2.32. The summed E-state index contributed by atoms with van der Waals surface area (Å²) in [6, 6.07) is 5.71. The Morgan fingerprint density at radius 2 is 2.14 bits per heavy atom. The average Bonchev–Trinajstić information content (AvgIpc) is 2.47. The average molecular weight is 191 g/mol. The molecule has 1 unspecified atom stereocenters. The quantitative estimate of drug-likeness (QED) is 0.719. The van der Waals surface area contributed by atoms with E-state index in [1.165, 1.54) is 19.3 Å². The molecule has 74 valence electrons. The lowest BCUT2D eigenvalue weighted by atomic mass is 9.77. The Balaban J connectivity index is 1.99. The maximum absolute atomic E-state index is 13.6. The highest BCUT2D eigenvalue weighted by Gasteiger charge is 2.34. The highest BCUT2D eigenvalue weighted by atomic mass is 19.1. The molecular formula is C12H14FN. The zero-order valence-corrected chi connectivity index (χ0v) is 8.09. The van der Waals surface area contributed by atoms with Crippen LogP contribution in [0.1, 0.15) is 36.4 Å². The molecule has 1 heterocycles. The molecule has 14 heavy (non-hydrogen) atoms. The van der Waals surface area contributed by atoms with Gasteiger partial charge in [0.2, 0.25) is 0 Å². The fraction of sp³-hybridized carbons (Fsp3) is 0.500. The van der Waals surface area contributed by atoms with Crippen LogP contribution in [-0.4, -0.2) is 0 Å². The first-order chi connectivity index (χ1) is 6.86. The van der Waals surface area contributed by atoms with Crippen LogP contribution in [0, 0.1) is 11.7 Å². The van der Waals surface area contributed by atoms with E-state index in [2.05, 4.69) is 5.32 Å². The summed E-state index contributed by atoms with van der Waals surface area (Å²) in [4.78, 5) is 0. The standard InChI is InChI=1S/C12H14FN/c13-10-6-2-5-9-7-14-12(11(9)10)8-3-1-4-8/h2,5-6,8,12,14H,1,3-4,7H2. The van der Waals surface area contributed by atoms with Crippen LogP contribution < -0.4 is 5.32 Å². The second-order valence-corrected chi connectivity index (χ2v) is 4.36. The van der Waals surface area contributed by atoms with Crippen LogP contribution in [0.4, 0.5) is 4.39 Å². The van der Waals surface area contributed by atoms with Crippen molar-refractivity contribution in [3.05, 3.63) is 35.1 Å². The molecule has 0 spiro atoms. The van der Waals surface area contributed by atoms with Gasteiger partial charge < -0.3 is 5.32 Å². The Hall–Kier alpha value is -0.890. The summed E-state index contributed by atoms with van der Waals surface area (Å²) in [5, 5.41) is 3.42. The highest BCUT2D eigenvalue weighted by Crippen LogP contribution is 2.42. The fourth-order valence-electron chi connectivity index (χ4n) is 2.58. The molecule has 1 aromatic carbocycles. The summed E-state index contributed by atoms with van der Waals surface area (Å²) in [5.41, 5.74) is 2.10. The number of hydrogen-bond donors (Lipinski definition) is 1. The van der Waals surface area contributed by atoms with E-state index in [1.807, 2.05) is 6.07 Å². The van der Waals surface area contributed by atoms with Gasteiger partial charge in [-0.1, -0.05) is 18.6 Å². The van der Waals surface area contributed by atoms with E-state index >= 15 is 0 Å². The summed E-state index contributed by atoms with van der Waals surface area (Å²) in [5.74, 6) is 0.651. The van der Waals surface area contributed by atoms with Crippen molar-refractivity contribution in [1.29, 1.82) is 0 Å². The summed E-state index contributed by atoms with van der Waals surface area (Å²) < 4.78 is 13.6. The van der Waals surface area contributed by atoms with Crippen LogP contribution >= 0.6 is 0 Å². The van der Waals surface area contributed by atoms with E-state index in [1.54, 1.807) is 12.1 Å². The zero-order chi connectivity index (χ0) is 9.54. The van der Waals surface area contributed by atoms with E-state index in [4.69, 9.17) is 0 Å². The molecule has 1 nitrogen and oxygen atoms in total. The monoisotopic (exact) mass is 191 g/mol. The minimum absolute atomic E-state index is 0.0237. The first kappa shape index (κ1) is 8.42. The van der Waals surface area contributed by atoms with Gasteiger partial charge in [-0.05, 0) is 30.4 Å². The van der Waals surface area contributed by atoms with Crippen molar-refractivity contribution in [2.45, 2.75) is 31.8 Å². The minimum atomic E-state index is -0.0237. The molecule has 0 bridgehead atoms. The van der Waals surface area contributed by atoms with Crippen LogP contribution in [0.3, 0.4) is 0 Å². The molecule has 2 heteroatoms. The van der Waals surface area contributed by atoms with E-state index < -0.39 is 0 Å². The Labute approximate surface area is 83.3 Å². The minimum Gasteiger partial charge on any atom is -0.305 e. The van der Waals surface area contributed by atoms with E-state index in [9.17, 15) is 4.39 Å². The van der Waals surface area contributed by atoms with Crippen molar-refractivity contribution in [3.63, 3.8) is 0 Å². The van der Waals surface area contributed by atoms with Gasteiger partial charge in [0.15, 0.2) is 0 Å². The first-order valence-electron chi connectivity index (χ1n) is 5.37. The van der Waals surface area contributed by atoms with Crippen molar-refractivity contribution >= 4 is 0 Å². The third-order valence-corrected chi connectivity index (χ3v) is 3.59. The largest absolute Gasteiger partial charge is 0.305 e. The Morgan fingerprint density at radius 3 is 2.86 bits per heavy atom. The van der Waals surface area contributed by atoms with Gasteiger partial charge in [-0.2, -0.15) is 0 Å². The molecule has 0 aromatic heterocycles. The van der Waals surface area contributed by atoms with Crippen LogP contribution in [0.25, 0.3) is 0 Å². The van der Waals surface area contributed by atoms with E-state index in [-0.39, 0.29) is 5.82 Å². The molecule has 3 rings (SSSR count). The summed E-state index contributed by atoms with van der Waals surface area (Å²) in [6.07, 6.45) is 3.82. The number of hydrogen-bond acceptors (Lipinski definition) is 1. The molecule has 1 N–H and O–H groups in total.